The van der Waals surface area contributed by atoms with E-state index in [4.69, 9.17) is 11.6 Å². The van der Waals surface area contributed by atoms with Crippen molar-refractivity contribution < 1.29 is 9.90 Å². The molecule has 4 heteroatoms. The van der Waals surface area contributed by atoms with Crippen LogP contribution in [0.2, 0.25) is 5.02 Å². The number of carbonyl (C=O) groups is 1. The zero-order chi connectivity index (χ0) is 14.9. The molecule has 0 spiro atoms. The number of likely N-dealkylation sites (tertiary alicyclic amines) is 1. The van der Waals surface area contributed by atoms with Gasteiger partial charge in [0.2, 0.25) is 0 Å². The van der Waals surface area contributed by atoms with E-state index in [-0.39, 0.29) is 5.78 Å². The van der Waals surface area contributed by atoms with Crippen LogP contribution in [-0.2, 0) is 0 Å². The number of piperidine rings is 1. The van der Waals surface area contributed by atoms with Crippen molar-refractivity contribution in [2.75, 3.05) is 19.6 Å². The van der Waals surface area contributed by atoms with Gasteiger partial charge in [-0.2, -0.15) is 0 Å². The summed E-state index contributed by atoms with van der Waals surface area (Å²) in [7, 11) is 0. The largest absolute Gasteiger partial charge is 0.390 e. The summed E-state index contributed by atoms with van der Waals surface area (Å²) in [5.41, 5.74) is 0.195. The Morgan fingerprint density at radius 1 is 1.38 bits per heavy atom. The first-order chi connectivity index (χ1) is 10.1. The lowest BCUT2D eigenvalue weighted by atomic mass is 9.71. The molecule has 0 aromatic heterocycles. The van der Waals surface area contributed by atoms with Crippen molar-refractivity contribution in [1.82, 2.24) is 4.90 Å². The average molecular weight is 308 g/mol. The molecular weight excluding hydrogens is 286 g/mol. The molecule has 2 aliphatic rings. The third kappa shape index (κ3) is 3.31. The molecule has 1 N–H and O–H groups in total. The van der Waals surface area contributed by atoms with Crippen molar-refractivity contribution in [3.05, 3.63) is 34.9 Å². The van der Waals surface area contributed by atoms with Crippen LogP contribution in [0.4, 0.5) is 0 Å². The van der Waals surface area contributed by atoms with Crippen LogP contribution in [0.3, 0.4) is 0 Å². The molecule has 1 aliphatic heterocycles. The molecule has 2 atom stereocenters. The molecule has 1 aliphatic carbocycles. The molecule has 1 aromatic rings. The number of hydrogen-bond acceptors (Lipinski definition) is 3. The van der Waals surface area contributed by atoms with Crippen LogP contribution in [0.15, 0.2) is 24.3 Å². The van der Waals surface area contributed by atoms with Gasteiger partial charge in [-0.3, -0.25) is 9.69 Å². The van der Waals surface area contributed by atoms with Gasteiger partial charge in [0.1, 0.15) is 0 Å². The fraction of sp³-hybridized carbons (Fsp3) is 0.588. The summed E-state index contributed by atoms with van der Waals surface area (Å²) in [5.74, 6) is 0.436. The van der Waals surface area contributed by atoms with Gasteiger partial charge >= 0.3 is 0 Å². The van der Waals surface area contributed by atoms with E-state index in [0.29, 0.717) is 23.0 Å². The van der Waals surface area contributed by atoms with Gasteiger partial charge in [0.05, 0.1) is 12.1 Å². The Morgan fingerprint density at radius 3 is 3.05 bits per heavy atom. The second-order valence-electron chi connectivity index (χ2n) is 6.46. The van der Waals surface area contributed by atoms with E-state index in [1.807, 2.05) is 12.1 Å². The number of halogens is 1. The Hall–Kier alpha value is -0.900. The normalized spacial score (nSPS) is 29.9. The van der Waals surface area contributed by atoms with Crippen LogP contribution < -0.4 is 0 Å². The molecule has 1 heterocycles. The number of carbonyl (C=O) groups excluding carboxylic acids is 1. The molecule has 2 unspecified atom stereocenters. The van der Waals surface area contributed by atoms with E-state index in [1.54, 1.807) is 12.1 Å². The van der Waals surface area contributed by atoms with E-state index in [1.165, 1.54) is 6.42 Å². The van der Waals surface area contributed by atoms with Crippen LogP contribution >= 0.6 is 11.6 Å². The molecule has 3 rings (SSSR count). The van der Waals surface area contributed by atoms with Crippen molar-refractivity contribution in [2.24, 2.45) is 5.92 Å². The highest BCUT2D eigenvalue weighted by Gasteiger charge is 2.42. The molecule has 0 bridgehead atoms. The summed E-state index contributed by atoms with van der Waals surface area (Å²) in [6.07, 6.45) is 5.13. The Kier molecular flexibility index (Phi) is 4.34. The minimum atomic E-state index is -0.478. The summed E-state index contributed by atoms with van der Waals surface area (Å²) < 4.78 is 0. The molecule has 114 valence electrons. The molecule has 1 aromatic carbocycles. The van der Waals surface area contributed by atoms with Gasteiger partial charge < -0.3 is 5.11 Å². The number of Topliss-reactive ketones (excluding diaryl/α,β-unsaturated/α-hetero) is 1. The predicted molar refractivity (Wildman–Crippen MR) is 83.7 cm³/mol. The minimum absolute atomic E-state index is 0.110. The van der Waals surface area contributed by atoms with Crippen LogP contribution in [0, 0.1) is 5.92 Å². The fourth-order valence-corrected chi connectivity index (χ4v) is 3.93. The summed E-state index contributed by atoms with van der Waals surface area (Å²) in [6, 6.07) is 7.13. The van der Waals surface area contributed by atoms with E-state index in [2.05, 4.69) is 4.90 Å². The van der Waals surface area contributed by atoms with E-state index in [0.717, 1.165) is 38.8 Å². The lowest BCUT2D eigenvalue weighted by Gasteiger charge is -2.47. The van der Waals surface area contributed by atoms with Crippen LogP contribution in [-0.4, -0.2) is 41.0 Å². The number of ketones is 1. The second kappa shape index (κ2) is 6.07. The van der Waals surface area contributed by atoms with Gasteiger partial charge in [-0.05, 0) is 31.4 Å². The minimum Gasteiger partial charge on any atom is -0.390 e. The van der Waals surface area contributed by atoms with Gasteiger partial charge in [-0.1, -0.05) is 36.6 Å². The Balaban J connectivity index is 1.62. The maximum absolute atomic E-state index is 12.3. The quantitative estimate of drug-likeness (QED) is 0.872. The molecule has 3 nitrogen and oxygen atoms in total. The van der Waals surface area contributed by atoms with Crippen molar-refractivity contribution in [2.45, 2.75) is 37.7 Å². The number of hydrogen-bond donors (Lipinski definition) is 1. The number of benzene rings is 1. The topological polar surface area (TPSA) is 40.5 Å². The maximum atomic E-state index is 12.3. The fourth-order valence-electron chi connectivity index (χ4n) is 3.74. The molecule has 1 saturated heterocycles. The van der Waals surface area contributed by atoms with E-state index >= 15 is 0 Å². The zero-order valence-electron chi connectivity index (χ0n) is 12.2. The highest BCUT2D eigenvalue weighted by Crippen LogP contribution is 2.39. The maximum Gasteiger partial charge on any atom is 0.176 e. The van der Waals surface area contributed by atoms with Crippen molar-refractivity contribution in [3.8, 4) is 0 Å². The van der Waals surface area contributed by atoms with Crippen molar-refractivity contribution >= 4 is 17.4 Å². The predicted octanol–water partition coefficient (Wildman–Crippen LogP) is 3.15. The lowest BCUT2D eigenvalue weighted by Crippen LogP contribution is -2.54. The first-order valence-corrected chi connectivity index (χ1v) is 8.18. The Morgan fingerprint density at radius 2 is 2.24 bits per heavy atom. The van der Waals surface area contributed by atoms with Crippen LogP contribution in [0.1, 0.15) is 42.5 Å². The third-order valence-corrected chi connectivity index (χ3v) is 5.26. The number of rotatable bonds is 3. The van der Waals surface area contributed by atoms with Gasteiger partial charge in [0, 0.05) is 29.6 Å². The molecule has 0 amide bonds. The monoisotopic (exact) mass is 307 g/mol. The SMILES string of the molecule is O=C(CN1CCC2(O)CCCCC2C1)c1cccc(Cl)c1. The number of aliphatic hydroxyl groups is 1. The van der Waals surface area contributed by atoms with Crippen LogP contribution in [0.5, 0.6) is 0 Å². The lowest BCUT2D eigenvalue weighted by molar-refractivity contribution is -0.0936. The van der Waals surface area contributed by atoms with Crippen LogP contribution in [0.25, 0.3) is 0 Å². The highest BCUT2D eigenvalue weighted by atomic mass is 35.5. The van der Waals surface area contributed by atoms with Gasteiger partial charge in [0.15, 0.2) is 5.78 Å². The third-order valence-electron chi connectivity index (χ3n) is 5.03. The van der Waals surface area contributed by atoms with Crippen molar-refractivity contribution in [3.63, 3.8) is 0 Å². The molecular formula is C17H22ClNO2. The molecule has 21 heavy (non-hydrogen) atoms. The second-order valence-corrected chi connectivity index (χ2v) is 6.90. The number of fused-ring (bicyclic) bond motifs is 1. The van der Waals surface area contributed by atoms with Gasteiger partial charge in [-0.25, -0.2) is 0 Å². The van der Waals surface area contributed by atoms with E-state index < -0.39 is 5.60 Å². The molecule has 1 saturated carbocycles. The smallest absolute Gasteiger partial charge is 0.176 e. The molecule has 2 fully saturated rings. The number of nitrogens with zero attached hydrogens (tertiary/aromatic N) is 1. The first-order valence-electron chi connectivity index (χ1n) is 7.80. The van der Waals surface area contributed by atoms with Gasteiger partial charge in [0.25, 0.3) is 0 Å². The standard InChI is InChI=1S/C17H22ClNO2/c18-15-6-3-4-13(10-15)16(20)12-19-9-8-17(21)7-2-1-5-14(17)11-19/h3-4,6,10,14,21H,1-2,5,7-9,11-12H2. The Bertz CT molecular complexity index is 533. The summed E-state index contributed by atoms with van der Waals surface area (Å²) in [4.78, 5) is 14.5. The van der Waals surface area contributed by atoms with E-state index in [9.17, 15) is 9.90 Å². The summed E-state index contributed by atoms with van der Waals surface area (Å²) in [6.45, 7) is 2.06. The molecule has 0 radical (unpaired) electrons. The zero-order valence-corrected chi connectivity index (χ0v) is 13.0. The Labute approximate surface area is 130 Å². The van der Waals surface area contributed by atoms with Crippen molar-refractivity contribution in [1.29, 1.82) is 0 Å². The average Bonchev–Trinajstić information content (AvgIpc) is 2.47. The summed E-state index contributed by atoms with van der Waals surface area (Å²) >= 11 is 5.94. The summed E-state index contributed by atoms with van der Waals surface area (Å²) in [5, 5.41) is 11.3. The first kappa shape index (κ1) is 15.0. The van der Waals surface area contributed by atoms with Gasteiger partial charge in [-0.15, -0.1) is 0 Å². The highest BCUT2D eigenvalue weighted by molar-refractivity contribution is 6.31.